The molecule has 194 valence electrons. The van der Waals surface area contributed by atoms with Gasteiger partial charge in [-0.2, -0.15) is 50.7 Å². The maximum Gasteiger partial charge on any atom is 0.459 e. The minimum Gasteiger partial charge on any atom is -0.334 e. The summed E-state index contributed by atoms with van der Waals surface area (Å²) in [5.74, 6) is -7.96. The van der Waals surface area contributed by atoms with E-state index in [0.29, 0.717) is 35.9 Å². The summed E-state index contributed by atoms with van der Waals surface area (Å²) in [5.41, 5.74) is -6.36. The first-order valence-corrected chi connectivity index (χ1v) is 10.7. The molecule has 18 heteroatoms. The third kappa shape index (κ3) is 4.37. The van der Waals surface area contributed by atoms with Crippen LogP contribution in [0.25, 0.3) is 16.4 Å². The van der Waals surface area contributed by atoms with Gasteiger partial charge in [0.1, 0.15) is 27.7 Å². The van der Waals surface area contributed by atoms with Crippen molar-refractivity contribution in [3.05, 3.63) is 34.0 Å². The number of aromatic nitrogens is 5. The molecule has 1 aliphatic carbocycles. The molecule has 0 saturated heterocycles. The van der Waals surface area contributed by atoms with Crippen molar-refractivity contribution in [3.8, 4) is 28.5 Å². The van der Waals surface area contributed by atoms with Gasteiger partial charge in [0.05, 0.1) is 22.7 Å². The number of nitriles is 2. The Labute approximate surface area is 204 Å². The van der Waals surface area contributed by atoms with Gasteiger partial charge >= 0.3 is 18.3 Å². The molecule has 0 spiro atoms. The molecule has 3 heterocycles. The van der Waals surface area contributed by atoms with Crippen LogP contribution >= 0.6 is 11.3 Å². The summed E-state index contributed by atoms with van der Waals surface area (Å²) in [7, 11) is 0.714. The van der Waals surface area contributed by atoms with Gasteiger partial charge in [0.15, 0.2) is 11.5 Å². The van der Waals surface area contributed by atoms with Crippen LogP contribution in [0.2, 0.25) is 0 Å². The molecule has 1 aliphatic rings. The van der Waals surface area contributed by atoms with Gasteiger partial charge in [0.25, 0.3) is 5.91 Å². The lowest BCUT2D eigenvalue weighted by molar-refractivity contribution is -0.292. The number of alkyl halides is 8. The number of halogens is 8. The number of amides is 1. The van der Waals surface area contributed by atoms with Gasteiger partial charge in [-0.3, -0.25) is 4.79 Å². The van der Waals surface area contributed by atoms with Crippen LogP contribution in [0.4, 0.5) is 35.1 Å². The number of aryl methyl sites for hydroxylation is 1. The monoisotopic (exact) mass is 550 g/mol. The molecular weight excluding hydrogens is 540 g/mol. The van der Waals surface area contributed by atoms with E-state index in [4.69, 9.17) is 5.26 Å². The van der Waals surface area contributed by atoms with E-state index in [0.717, 1.165) is 12.3 Å². The standard InChI is InChI=1S/C19H10F8N8OS/c1-34-15(12(18(22,23)24)13(32-34)17(20,21)19(25,26)27)35-6-9(31-33-35)10-4-8(11(5-28)37-10)14(36)30-16(7-29)2-3-16/h4,6H,2-3H2,1H3,(H,30,36). The molecule has 1 saturated carbocycles. The fraction of sp³-hybridized carbons (Fsp3) is 0.368. The number of carbonyl (C=O) groups is 1. The van der Waals surface area contributed by atoms with Crippen molar-refractivity contribution in [1.82, 2.24) is 30.1 Å². The first-order chi connectivity index (χ1) is 17.0. The van der Waals surface area contributed by atoms with Crippen molar-refractivity contribution in [1.29, 1.82) is 10.5 Å². The summed E-state index contributed by atoms with van der Waals surface area (Å²) in [6, 6.07) is 4.87. The Morgan fingerprint density at radius 2 is 1.81 bits per heavy atom. The predicted molar refractivity (Wildman–Crippen MR) is 106 cm³/mol. The highest BCUT2D eigenvalue weighted by atomic mass is 32.1. The molecule has 0 unspecified atom stereocenters. The fourth-order valence-electron chi connectivity index (χ4n) is 3.32. The smallest absolute Gasteiger partial charge is 0.334 e. The van der Waals surface area contributed by atoms with E-state index in [1.807, 2.05) is 6.07 Å². The highest BCUT2D eigenvalue weighted by Gasteiger charge is 2.64. The van der Waals surface area contributed by atoms with Crippen molar-refractivity contribution < 1.29 is 39.9 Å². The average molecular weight is 550 g/mol. The molecule has 0 aromatic carbocycles. The van der Waals surface area contributed by atoms with Gasteiger partial charge in [0.2, 0.25) is 0 Å². The van der Waals surface area contributed by atoms with E-state index in [2.05, 4.69) is 20.7 Å². The number of nitrogens with zero attached hydrogens (tertiary/aromatic N) is 7. The number of thiophene rings is 1. The molecule has 0 radical (unpaired) electrons. The van der Waals surface area contributed by atoms with Crippen molar-refractivity contribution in [2.75, 3.05) is 0 Å². The number of nitrogens with one attached hydrogen (secondary N) is 1. The van der Waals surface area contributed by atoms with Gasteiger partial charge in [-0.1, -0.05) is 5.21 Å². The molecule has 9 nitrogen and oxygen atoms in total. The zero-order valence-corrected chi connectivity index (χ0v) is 18.9. The maximum atomic E-state index is 13.9. The Kier molecular flexibility index (Phi) is 5.79. The summed E-state index contributed by atoms with van der Waals surface area (Å²) < 4.78 is 108. The molecular formula is C19H10F8N8OS. The quantitative estimate of drug-likeness (QED) is 0.478. The van der Waals surface area contributed by atoms with E-state index in [1.165, 1.54) is 0 Å². The van der Waals surface area contributed by atoms with E-state index < -0.39 is 46.8 Å². The van der Waals surface area contributed by atoms with Crippen LogP contribution in [-0.4, -0.2) is 42.4 Å². The molecule has 1 fully saturated rings. The van der Waals surface area contributed by atoms with E-state index in [-0.39, 0.29) is 25.7 Å². The summed E-state index contributed by atoms with van der Waals surface area (Å²) in [5, 5.41) is 30.8. The first kappa shape index (κ1) is 26.0. The van der Waals surface area contributed by atoms with Crippen LogP contribution in [-0.2, 0) is 19.1 Å². The number of hydrogen-bond acceptors (Lipinski definition) is 7. The zero-order chi connectivity index (χ0) is 27.6. The number of hydrogen-bond donors (Lipinski definition) is 1. The average Bonchev–Trinajstić information content (AvgIpc) is 3.15. The van der Waals surface area contributed by atoms with Crippen LogP contribution in [0.15, 0.2) is 12.3 Å². The first-order valence-electron chi connectivity index (χ1n) is 9.84. The van der Waals surface area contributed by atoms with Crippen LogP contribution in [0.3, 0.4) is 0 Å². The Hall–Kier alpha value is -4.06. The molecule has 1 amide bonds. The zero-order valence-electron chi connectivity index (χ0n) is 18.0. The molecule has 3 aromatic heterocycles. The maximum absolute atomic E-state index is 13.9. The fourth-order valence-corrected chi connectivity index (χ4v) is 4.22. The third-order valence-corrected chi connectivity index (χ3v) is 6.37. The van der Waals surface area contributed by atoms with Gasteiger partial charge in [0, 0.05) is 7.05 Å². The van der Waals surface area contributed by atoms with E-state index in [1.54, 1.807) is 6.07 Å². The normalized spacial score (nSPS) is 15.2. The lowest BCUT2D eigenvalue weighted by atomic mass is 10.1. The predicted octanol–water partition coefficient (Wildman–Crippen LogP) is 4.06. The van der Waals surface area contributed by atoms with Gasteiger partial charge in [-0.25, -0.2) is 9.36 Å². The topological polar surface area (TPSA) is 125 Å². The van der Waals surface area contributed by atoms with Crippen LogP contribution < -0.4 is 5.32 Å². The lowest BCUT2D eigenvalue weighted by Gasteiger charge is -2.19. The SMILES string of the molecule is Cn1nc(C(F)(F)C(F)(F)F)c(C(F)(F)F)c1-n1cc(-c2cc(C(=O)NC3(C#N)CC3)c(C#N)s2)nn1. The molecule has 37 heavy (non-hydrogen) atoms. The second-order valence-electron chi connectivity index (χ2n) is 7.90. The highest BCUT2D eigenvalue weighted by molar-refractivity contribution is 7.16. The second kappa shape index (κ2) is 8.23. The van der Waals surface area contributed by atoms with Crippen molar-refractivity contribution in [3.63, 3.8) is 0 Å². The Balaban J connectivity index is 1.77. The number of rotatable bonds is 5. The molecule has 0 bridgehead atoms. The van der Waals surface area contributed by atoms with Crippen molar-refractivity contribution in [2.24, 2.45) is 7.05 Å². The van der Waals surface area contributed by atoms with Gasteiger partial charge in [-0.15, -0.1) is 16.4 Å². The largest absolute Gasteiger partial charge is 0.459 e. The van der Waals surface area contributed by atoms with Crippen LogP contribution in [0.5, 0.6) is 0 Å². The molecule has 1 N–H and O–H groups in total. The Morgan fingerprint density at radius 1 is 1.16 bits per heavy atom. The summed E-state index contributed by atoms with van der Waals surface area (Å²) in [4.78, 5) is 12.5. The summed E-state index contributed by atoms with van der Waals surface area (Å²) in [6.45, 7) is 0. The van der Waals surface area contributed by atoms with Crippen LogP contribution in [0, 0.1) is 22.7 Å². The third-order valence-electron chi connectivity index (χ3n) is 5.31. The van der Waals surface area contributed by atoms with Gasteiger partial charge < -0.3 is 5.32 Å². The van der Waals surface area contributed by atoms with Crippen LogP contribution in [0.1, 0.15) is 39.3 Å². The Bertz CT molecular complexity index is 1480. The lowest BCUT2D eigenvalue weighted by Crippen LogP contribution is -2.36. The summed E-state index contributed by atoms with van der Waals surface area (Å²) >= 11 is 0.696. The second-order valence-corrected chi connectivity index (χ2v) is 8.95. The molecule has 0 atom stereocenters. The molecule has 3 aromatic rings. The summed E-state index contributed by atoms with van der Waals surface area (Å²) in [6.07, 6.45) is -10.5. The molecule has 0 aliphatic heterocycles. The minimum absolute atomic E-state index is 0.0475. The van der Waals surface area contributed by atoms with Crippen molar-refractivity contribution >= 4 is 17.2 Å². The Morgan fingerprint density at radius 3 is 2.32 bits per heavy atom. The number of carbonyl (C=O) groups excluding carboxylic acids is 1. The molecule has 4 rings (SSSR count). The van der Waals surface area contributed by atoms with Gasteiger partial charge in [-0.05, 0) is 18.9 Å². The van der Waals surface area contributed by atoms with Crippen molar-refractivity contribution in [2.45, 2.75) is 36.7 Å². The highest BCUT2D eigenvalue weighted by Crippen LogP contribution is 2.49. The minimum atomic E-state index is -6.36. The van der Waals surface area contributed by atoms with E-state index >= 15 is 0 Å². The van der Waals surface area contributed by atoms with E-state index in [9.17, 15) is 45.2 Å².